The second-order valence-electron chi connectivity index (χ2n) is 3.34. The molecule has 0 saturated heterocycles. The number of methoxy groups -OCH3 is 1. The number of aryl methyl sites for hydroxylation is 1. The molecule has 2 rings (SSSR count). The molecule has 0 radical (unpaired) electrons. The van der Waals surface area contributed by atoms with Crippen molar-refractivity contribution < 1.29 is 13.9 Å². The molecule has 2 aromatic rings. The minimum Gasteiger partial charge on any atom is -0.463 e. The fraction of sp³-hybridized carbons (Fsp3) is 0.182. The lowest BCUT2D eigenvalue weighted by molar-refractivity contribution is 0.0569. The van der Waals surface area contributed by atoms with Gasteiger partial charge in [-0.2, -0.15) is 0 Å². The fourth-order valence-electron chi connectivity index (χ4n) is 1.47. The molecule has 0 aliphatic rings. The number of rotatable bonds is 1. The van der Waals surface area contributed by atoms with E-state index in [1.54, 1.807) is 6.07 Å². The number of carbonyl (C=O) groups is 1. The van der Waals surface area contributed by atoms with Gasteiger partial charge in [0.05, 0.1) is 12.8 Å². The Hall–Kier alpha value is -1.97. The van der Waals surface area contributed by atoms with Crippen LogP contribution in [0.5, 0.6) is 0 Å². The molecule has 0 saturated carbocycles. The van der Waals surface area contributed by atoms with Crippen LogP contribution in [0.1, 0.15) is 16.1 Å². The van der Waals surface area contributed by atoms with Crippen LogP contribution in [0.15, 0.2) is 22.6 Å². The summed E-state index contributed by atoms with van der Waals surface area (Å²) in [6.45, 7) is 1.95. The maximum absolute atomic E-state index is 11.3. The Labute approximate surface area is 86.6 Å². The lowest BCUT2D eigenvalue weighted by Gasteiger charge is -1.94. The minimum absolute atomic E-state index is 0.0677. The topological polar surface area (TPSA) is 65.5 Å². The van der Waals surface area contributed by atoms with E-state index in [0.29, 0.717) is 11.3 Å². The van der Waals surface area contributed by atoms with Gasteiger partial charge in [-0.1, -0.05) is 11.6 Å². The van der Waals surface area contributed by atoms with E-state index in [9.17, 15) is 4.79 Å². The highest BCUT2D eigenvalue weighted by Gasteiger charge is 2.18. The Morgan fingerprint density at radius 1 is 1.47 bits per heavy atom. The monoisotopic (exact) mass is 205 g/mol. The standard InChI is InChI=1S/C11H11NO3/c1-6-3-4-8-7(5-6)9(12)10(15-8)11(13)14-2/h3-5H,12H2,1-2H3. The predicted molar refractivity (Wildman–Crippen MR) is 56.7 cm³/mol. The summed E-state index contributed by atoms with van der Waals surface area (Å²) in [5, 5.41) is 0.746. The number of esters is 1. The van der Waals surface area contributed by atoms with Crippen molar-refractivity contribution in [2.45, 2.75) is 6.92 Å². The Kier molecular flexibility index (Phi) is 2.11. The second-order valence-corrected chi connectivity index (χ2v) is 3.34. The van der Waals surface area contributed by atoms with Gasteiger partial charge in [0.25, 0.3) is 0 Å². The number of hydrogen-bond acceptors (Lipinski definition) is 4. The van der Waals surface area contributed by atoms with Crippen molar-refractivity contribution >= 4 is 22.6 Å². The lowest BCUT2D eigenvalue weighted by Crippen LogP contribution is -2.02. The first-order valence-corrected chi connectivity index (χ1v) is 4.50. The van der Waals surface area contributed by atoms with Crippen LogP contribution in [0.3, 0.4) is 0 Å². The van der Waals surface area contributed by atoms with Crippen LogP contribution in [-0.2, 0) is 4.74 Å². The quantitative estimate of drug-likeness (QED) is 0.724. The largest absolute Gasteiger partial charge is 0.463 e. The van der Waals surface area contributed by atoms with Gasteiger partial charge >= 0.3 is 5.97 Å². The summed E-state index contributed by atoms with van der Waals surface area (Å²) in [5.74, 6) is -0.487. The number of anilines is 1. The van der Waals surface area contributed by atoms with Crippen molar-refractivity contribution in [1.82, 2.24) is 0 Å². The molecule has 0 aliphatic heterocycles. The van der Waals surface area contributed by atoms with E-state index in [4.69, 9.17) is 10.2 Å². The van der Waals surface area contributed by atoms with Gasteiger partial charge in [-0.3, -0.25) is 0 Å². The SMILES string of the molecule is COC(=O)c1oc2ccc(C)cc2c1N. The Morgan fingerprint density at radius 2 is 2.20 bits per heavy atom. The molecule has 0 bridgehead atoms. The molecule has 0 amide bonds. The highest BCUT2D eigenvalue weighted by molar-refractivity contribution is 6.03. The first-order valence-electron chi connectivity index (χ1n) is 4.50. The lowest BCUT2D eigenvalue weighted by atomic mass is 10.1. The normalized spacial score (nSPS) is 10.5. The Bertz CT molecular complexity index is 528. The van der Waals surface area contributed by atoms with E-state index < -0.39 is 5.97 Å². The summed E-state index contributed by atoms with van der Waals surface area (Å²) in [7, 11) is 1.29. The van der Waals surface area contributed by atoms with Crippen LogP contribution in [0.4, 0.5) is 5.69 Å². The Balaban J connectivity index is 2.69. The predicted octanol–water partition coefficient (Wildman–Crippen LogP) is 2.11. The van der Waals surface area contributed by atoms with Crippen LogP contribution >= 0.6 is 0 Å². The van der Waals surface area contributed by atoms with Gasteiger partial charge in [-0.25, -0.2) is 4.79 Å². The van der Waals surface area contributed by atoms with Crippen LogP contribution in [-0.4, -0.2) is 13.1 Å². The highest BCUT2D eigenvalue weighted by atomic mass is 16.5. The Morgan fingerprint density at radius 3 is 2.87 bits per heavy atom. The number of hydrogen-bond donors (Lipinski definition) is 1. The highest BCUT2D eigenvalue weighted by Crippen LogP contribution is 2.29. The van der Waals surface area contributed by atoms with E-state index in [1.165, 1.54) is 7.11 Å². The van der Waals surface area contributed by atoms with Gasteiger partial charge in [0, 0.05) is 5.39 Å². The molecule has 1 aromatic heterocycles. The molecule has 0 fully saturated rings. The molecule has 78 valence electrons. The molecule has 1 aromatic carbocycles. The zero-order valence-corrected chi connectivity index (χ0v) is 8.53. The van der Waals surface area contributed by atoms with Gasteiger partial charge in [-0.15, -0.1) is 0 Å². The van der Waals surface area contributed by atoms with Crippen LogP contribution in [0, 0.1) is 6.92 Å². The van der Waals surface area contributed by atoms with Crippen molar-refractivity contribution in [2.24, 2.45) is 0 Å². The number of carbonyl (C=O) groups excluding carboxylic acids is 1. The number of furan rings is 1. The van der Waals surface area contributed by atoms with Gasteiger partial charge in [-0.05, 0) is 19.1 Å². The van der Waals surface area contributed by atoms with Gasteiger partial charge < -0.3 is 14.9 Å². The van der Waals surface area contributed by atoms with Gasteiger partial charge in [0.2, 0.25) is 5.76 Å². The minimum atomic E-state index is -0.554. The van der Waals surface area contributed by atoms with Crippen molar-refractivity contribution in [3.8, 4) is 0 Å². The maximum Gasteiger partial charge on any atom is 0.376 e. The second kappa shape index (κ2) is 3.31. The van der Waals surface area contributed by atoms with Gasteiger partial charge in [0.1, 0.15) is 5.58 Å². The maximum atomic E-state index is 11.3. The van der Waals surface area contributed by atoms with Crippen molar-refractivity contribution in [3.63, 3.8) is 0 Å². The van der Waals surface area contributed by atoms with E-state index >= 15 is 0 Å². The zero-order chi connectivity index (χ0) is 11.0. The van der Waals surface area contributed by atoms with Crippen LogP contribution < -0.4 is 5.73 Å². The molecule has 15 heavy (non-hydrogen) atoms. The summed E-state index contributed by atoms with van der Waals surface area (Å²) in [6, 6.07) is 5.56. The molecule has 0 aliphatic carbocycles. The molecule has 4 heteroatoms. The average molecular weight is 205 g/mol. The molecular weight excluding hydrogens is 194 g/mol. The molecule has 0 atom stereocenters. The molecule has 2 N–H and O–H groups in total. The number of fused-ring (bicyclic) bond motifs is 1. The first kappa shape index (κ1) is 9.58. The third-order valence-electron chi connectivity index (χ3n) is 2.25. The molecular formula is C11H11NO3. The smallest absolute Gasteiger partial charge is 0.376 e. The van der Waals surface area contributed by atoms with Crippen molar-refractivity contribution in [3.05, 3.63) is 29.5 Å². The molecule has 0 unspecified atom stereocenters. The molecule has 4 nitrogen and oxygen atoms in total. The summed E-state index contributed by atoms with van der Waals surface area (Å²) >= 11 is 0. The van der Waals surface area contributed by atoms with Gasteiger partial charge in [0.15, 0.2) is 0 Å². The fourth-order valence-corrected chi connectivity index (χ4v) is 1.47. The summed E-state index contributed by atoms with van der Waals surface area (Å²) in [6.07, 6.45) is 0. The summed E-state index contributed by atoms with van der Waals surface area (Å²) in [4.78, 5) is 11.3. The summed E-state index contributed by atoms with van der Waals surface area (Å²) in [5.41, 5.74) is 7.78. The van der Waals surface area contributed by atoms with E-state index in [2.05, 4.69) is 4.74 Å². The molecule has 1 heterocycles. The third-order valence-corrected chi connectivity index (χ3v) is 2.25. The summed E-state index contributed by atoms with van der Waals surface area (Å²) < 4.78 is 9.87. The number of nitrogens with two attached hydrogens (primary N) is 1. The first-order chi connectivity index (χ1) is 7.13. The molecule has 0 spiro atoms. The number of ether oxygens (including phenoxy) is 1. The third kappa shape index (κ3) is 1.44. The van der Waals surface area contributed by atoms with E-state index in [1.807, 2.05) is 19.1 Å². The zero-order valence-electron chi connectivity index (χ0n) is 8.53. The number of benzene rings is 1. The van der Waals surface area contributed by atoms with E-state index in [0.717, 1.165) is 10.9 Å². The van der Waals surface area contributed by atoms with Crippen LogP contribution in [0.2, 0.25) is 0 Å². The van der Waals surface area contributed by atoms with Crippen molar-refractivity contribution in [2.75, 3.05) is 12.8 Å². The number of nitrogen functional groups attached to an aromatic ring is 1. The van der Waals surface area contributed by atoms with Crippen molar-refractivity contribution in [1.29, 1.82) is 0 Å². The average Bonchev–Trinajstić information content (AvgIpc) is 2.55. The van der Waals surface area contributed by atoms with E-state index in [-0.39, 0.29) is 5.76 Å². The van der Waals surface area contributed by atoms with Crippen LogP contribution in [0.25, 0.3) is 11.0 Å².